The Morgan fingerprint density at radius 2 is 2.17 bits per heavy atom. The number of pyridine rings is 1. The maximum absolute atomic E-state index is 10.7. The fourth-order valence-electron chi connectivity index (χ4n) is 2.47. The van der Waals surface area contributed by atoms with Crippen LogP contribution in [-0.4, -0.2) is 15.9 Å². The molecule has 0 aromatic carbocycles. The van der Waals surface area contributed by atoms with E-state index in [1.165, 1.54) is 37.8 Å². The first-order chi connectivity index (χ1) is 8.56. The van der Waals surface area contributed by atoms with Crippen LogP contribution in [0.25, 0.3) is 0 Å². The molecule has 1 fully saturated rings. The van der Waals surface area contributed by atoms with Gasteiger partial charge in [0.05, 0.1) is 17.1 Å². The second-order valence-electron chi connectivity index (χ2n) is 4.77. The van der Waals surface area contributed by atoms with Gasteiger partial charge in [0.1, 0.15) is 11.0 Å². The molecule has 5 nitrogen and oxygen atoms in total. The Morgan fingerprint density at radius 3 is 2.78 bits per heavy atom. The smallest absolute Gasteiger partial charge is 0.276 e. The Bertz CT molecular complexity index is 447. The summed E-state index contributed by atoms with van der Waals surface area (Å²) in [6, 6.07) is 2.95. The molecule has 2 rings (SSSR count). The van der Waals surface area contributed by atoms with E-state index in [1.807, 2.05) is 0 Å². The Labute approximate surface area is 111 Å². The van der Waals surface area contributed by atoms with E-state index in [4.69, 9.17) is 11.6 Å². The van der Waals surface area contributed by atoms with Crippen molar-refractivity contribution < 1.29 is 4.92 Å². The molecule has 1 aromatic heterocycles. The third-order valence-electron chi connectivity index (χ3n) is 3.47. The van der Waals surface area contributed by atoms with Crippen LogP contribution in [-0.2, 0) is 0 Å². The summed E-state index contributed by atoms with van der Waals surface area (Å²) in [7, 11) is 0. The third kappa shape index (κ3) is 3.10. The van der Waals surface area contributed by atoms with Crippen molar-refractivity contribution >= 4 is 23.1 Å². The van der Waals surface area contributed by atoms with Crippen LogP contribution >= 0.6 is 11.6 Å². The molecule has 6 heteroatoms. The first-order valence-electron chi connectivity index (χ1n) is 6.15. The van der Waals surface area contributed by atoms with Crippen molar-refractivity contribution in [1.82, 2.24) is 4.98 Å². The molecule has 1 aliphatic carbocycles. The second-order valence-corrected chi connectivity index (χ2v) is 5.16. The predicted molar refractivity (Wildman–Crippen MR) is 70.9 cm³/mol. The lowest BCUT2D eigenvalue weighted by atomic mass is 10.00. The lowest BCUT2D eigenvalue weighted by molar-refractivity contribution is -0.384. The Hall–Kier alpha value is -1.36. The number of halogens is 1. The summed E-state index contributed by atoms with van der Waals surface area (Å²) in [4.78, 5) is 14.4. The molecule has 1 saturated carbocycles. The van der Waals surface area contributed by atoms with Crippen molar-refractivity contribution in [2.75, 3.05) is 5.32 Å². The van der Waals surface area contributed by atoms with Crippen LogP contribution in [0.3, 0.4) is 0 Å². The van der Waals surface area contributed by atoms with Gasteiger partial charge in [-0.3, -0.25) is 10.1 Å². The average Bonchev–Trinajstić information content (AvgIpc) is 2.81. The van der Waals surface area contributed by atoms with Gasteiger partial charge in [0, 0.05) is 6.04 Å². The fourth-order valence-corrected chi connectivity index (χ4v) is 2.67. The zero-order valence-electron chi connectivity index (χ0n) is 10.2. The molecule has 0 radical (unpaired) electrons. The molecule has 1 unspecified atom stereocenters. The van der Waals surface area contributed by atoms with Crippen LogP contribution in [0, 0.1) is 16.0 Å². The number of nitrogens with one attached hydrogen (secondary N) is 1. The topological polar surface area (TPSA) is 68.1 Å². The molecule has 0 saturated heterocycles. The van der Waals surface area contributed by atoms with Crippen molar-refractivity contribution in [3.05, 3.63) is 27.4 Å². The van der Waals surface area contributed by atoms with E-state index in [9.17, 15) is 10.1 Å². The van der Waals surface area contributed by atoms with Gasteiger partial charge < -0.3 is 5.32 Å². The molecular weight excluding hydrogens is 254 g/mol. The minimum absolute atomic E-state index is 0.0314. The second kappa shape index (κ2) is 5.52. The van der Waals surface area contributed by atoms with Gasteiger partial charge in [0.15, 0.2) is 0 Å². The molecule has 1 aromatic rings. The Morgan fingerprint density at radius 1 is 1.50 bits per heavy atom. The lowest BCUT2D eigenvalue weighted by Gasteiger charge is -2.20. The zero-order valence-corrected chi connectivity index (χ0v) is 11.0. The van der Waals surface area contributed by atoms with Gasteiger partial charge in [-0.1, -0.05) is 24.4 Å². The number of hydrogen-bond donors (Lipinski definition) is 1. The van der Waals surface area contributed by atoms with Crippen molar-refractivity contribution in [1.29, 1.82) is 0 Å². The fraction of sp³-hybridized carbons (Fsp3) is 0.583. The van der Waals surface area contributed by atoms with Crippen molar-refractivity contribution in [2.24, 2.45) is 5.92 Å². The molecule has 0 amide bonds. The van der Waals surface area contributed by atoms with Gasteiger partial charge in [-0.05, 0) is 25.7 Å². The highest BCUT2D eigenvalue weighted by Crippen LogP contribution is 2.29. The SMILES string of the molecule is CC(Nc1cc([N+](=O)[O-])cc(Cl)n1)C1CCCC1. The summed E-state index contributed by atoms with van der Waals surface area (Å²) < 4.78 is 0. The molecule has 1 N–H and O–H groups in total. The molecule has 1 atom stereocenters. The zero-order chi connectivity index (χ0) is 13.1. The standard InChI is InChI=1S/C12H16ClN3O2/c1-8(9-4-2-3-5-9)14-12-7-10(16(17)18)6-11(13)15-12/h6-9H,2-5H2,1H3,(H,14,15). The first kappa shape index (κ1) is 13.1. The minimum atomic E-state index is -0.459. The summed E-state index contributed by atoms with van der Waals surface area (Å²) in [6.45, 7) is 2.09. The Kier molecular flexibility index (Phi) is 4.01. The van der Waals surface area contributed by atoms with E-state index in [2.05, 4.69) is 17.2 Å². The number of aromatic nitrogens is 1. The van der Waals surface area contributed by atoms with Crippen LogP contribution in [0.2, 0.25) is 5.15 Å². The monoisotopic (exact) mass is 269 g/mol. The first-order valence-corrected chi connectivity index (χ1v) is 6.52. The van der Waals surface area contributed by atoms with Crippen LogP contribution in [0.5, 0.6) is 0 Å². The van der Waals surface area contributed by atoms with Crippen LogP contribution in [0.15, 0.2) is 12.1 Å². The van der Waals surface area contributed by atoms with Crippen molar-refractivity contribution in [2.45, 2.75) is 38.6 Å². The van der Waals surface area contributed by atoms with Crippen molar-refractivity contribution in [3.63, 3.8) is 0 Å². The Balaban J connectivity index is 2.10. The summed E-state index contributed by atoms with van der Waals surface area (Å²) in [5.41, 5.74) is -0.0314. The quantitative estimate of drug-likeness (QED) is 0.515. The predicted octanol–water partition coefficient (Wildman–Crippen LogP) is 3.63. The summed E-state index contributed by atoms with van der Waals surface area (Å²) >= 11 is 5.78. The highest BCUT2D eigenvalue weighted by Gasteiger charge is 2.22. The van der Waals surface area contributed by atoms with Crippen LogP contribution < -0.4 is 5.32 Å². The summed E-state index contributed by atoms with van der Waals surface area (Å²) in [5, 5.41) is 14.1. The van der Waals surface area contributed by atoms with E-state index in [1.54, 1.807) is 0 Å². The van der Waals surface area contributed by atoms with E-state index >= 15 is 0 Å². The number of nitrogens with zero attached hydrogens (tertiary/aromatic N) is 2. The average molecular weight is 270 g/mol. The van der Waals surface area contributed by atoms with Crippen LogP contribution in [0.1, 0.15) is 32.6 Å². The van der Waals surface area contributed by atoms with Gasteiger partial charge in [0.2, 0.25) is 0 Å². The molecule has 1 aliphatic rings. The third-order valence-corrected chi connectivity index (χ3v) is 3.67. The normalized spacial score (nSPS) is 17.7. The van der Waals surface area contributed by atoms with E-state index < -0.39 is 4.92 Å². The molecule has 0 aliphatic heterocycles. The van der Waals surface area contributed by atoms with Gasteiger partial charge in [-0.25, -0.2) is 4.98 Å². The van der Waals surface area contributed by atoms with E-state index in [0.717, 1.165) is 0 Å². The minimum Gasteiger partial charge on any atom is -0.367 e. The van der Waals surface area contributed by atoms with Gasteiger partial charge in [-0.2, -0.15) is 0 Å². The molecule has 18 heavy (non-hydrogen) atoms. The van der Waals surface area contributed by atoms with Gasteiger partial charge in [0.25, 0.3) is 5.69 Å². The largest absolute Gasteiger partial charge is 0.367 e. The molecule has 0 bridgehead atoms. The maximum atomic E-state index is 10.7. The molecule has 0 spiro atoms. The van der Waals surface area contributed by atoms with Gasteiger partial charge >= 0.3 is 0 Å². The summed E-state index contributed by atoms with van der Waals surface area (Å²) in [6.07, 6.45) is 4.94. The molecule has 1 heterocycles. The maximum Gasteiger partial charge on any atom is 0.276 e. The summed E-state index contributed by atoms with van der Waals surface area (Å²) in [5.74, 6) is 1.10. The number of hydrogen-bond acceptors (Lipinski definition) is 4. The number of anilines is 1. The van der Waals surface area contributed by atoms with E-state index in [-0.39, 0.29) is 16.9 Å². The van der Waals surface area contributed by atoms with Crippen LogP contribution in [0.4, 0.5) is 11.5 Å². The van der Waals surface area contributed by atoms with E-state index in [0.29, 0.717) is 11.7 Å². The number of nitro groups is 1. The molecule has 98 valence electrons. The lowest BCUT2D eigenvalue weighted by Crippen LogP contribution is -2.24. The van der Waals surface area contributed by atoms with Crippen molar-refractivity contribution in [3.8, 4) is 0 Å². The molecular formula is C12H16ClN3O2. The highest BCUT2D eigenvalue weighted by atomic mass is 35.5. The van der Waals surface area contributed by atoms with Gasteiger partial charge in [-0.15, -0.1) is 0 Å². The highest BCUT2D eigenvalue weighted by molar-refractivity contribution is 6.29. The number of rotatable bonds is 4.